The number of benzene rings is 1. The number of methoxy groups -OCH3 is 1. The van der Waals surface area contributed by atoms with Gasteiger partial charge in [0, 0.05) is 6.54 Å². The molecule has 0 saturated heterocycles. The SMILES string of the molecule is COc1ccccc1CCNc1cc(C)cnn1. The van der Waals surface area contributed by atoms with Crippen LogP contribution in [0.3, 0.4) is 0 Å². The molecule has 1 N–H and O–H groups in total. The van der Waals surface area contributed by atoms with Crippen LogP contribution in [0.15, 0.2) is 36.5 Å². The van der Waals surface area contributed by atoms with Crippen LogP contribution in [-0.4, -0.2) is 23.9 Å². The van der Waals surface area contributed by atoms with Crippen LogP contribution in [0.1, 0.15) is 11.1 Å². The van der Waals surface area contributed by atoms with Crippen molar-refractivity contribution in [3.8, 4) is 5.75 Å². The van der Waals surface area contributed by atoms with Crippen molar-refractivity contribution in [2.45, 2.75) is 13.3 Å². The van der Waals surface area contributed by atoms with Crippen molar-refractivity contribution in [2.75, 3.05) is 19.0 Å². The van der Waals surface area contributed by atoms with Gasteiger partial charge in [0.15, 0.2) is 0 Å². The second-order valence-corrected chi connectivity index (χ2v) is 4.11. The Hall–Kier alpha value is -2.10. The molecule has 0 amide bonds. The molecule has 0 bridgehead atoms. The van der Waals surface area contributed by atoms with Gasteiger partial charge in [-0.05, 0) is 36.6 Å². The molecule has 2 aromatic rings. The molecule has 94 valence electrons. The number of aryl methyl sites for hydroxylation is 1. The summed E-state index contributed by atoms with van der Waals surface area (Å²) in [6.45, 7) is 2.80. The van der Waals surface area contributed by atoms with Crippen molar-refractivity contribution in [1.29, 1.82) is 0 Å². The maximum atomic E-state index is 5.31. The summed E-state index contributed by atoms with van der Waals surface area (Å²) < 4.78 is 5.31. The van der Waals surface area contributed by atoms with E-state index >= 15 is 0 Å². The molecule has 18 heavy (non-hydrogen) atoms. The van der Waals surface area contributed by atoms with E-state index in [1.165, 1.54) is 5.56 Å². The summed E-state index contributed by atoms with van der Waals surface area (Å²) in [6.07, 6.45) is 2.63. The van der Waals surface area contributed by atoms with Crippen LogP contribution in [0.2, 0.25) is 0 Å². The summed E-state index contributed by atoms with van der Waals surface area (Å²) in [4.78, 5) is 0. The number of anilines is 1. The van der Waals surface area contributed by atoms with Crippen LogP contribution in [0.5, 0.6) is 5.75 Å². The second-order valence-electron chi connectivity index (χ2n) is 4.11. The molecule has 0 atom stereocenters. The zero-order valence-corrected chi connectivity index (χ0v) is 10.7. The predicted octanol–water partition coefficient (Wildman–Crippen LogP) is 2.45. The minimum atomic E-state index is 0.804. The molecule has 0 unspecified atom stereocenters. The Balaban J connectivity index is 1.92. The fourth-order valence-corrected chi connectivity index (χ4v) is 1.79. The van der Waals surface area contributed by atoms with Crippen LogP contribution in [0, 0.1) is 6.92 Å². The number of para-hydroxylation sites is 1. The molecule has 1 heterocycles. The quantitative estimate of drug-likeness (QED) is 0.876. The van der Waals surface area contributed by atoms with E-state index in [0.29, 0.717) is 0 Å². The van der Waals surface area contributed by atoms with Crippen molar-refractivity contribution in [3.63, 3.8) is 0 Å². The van der Waals surface area contributed by atoms with Gasteiger partial charge in [0.25, 0.3) is 0 Å². The molecule has 0 spiro atoms. The molecule has 1 aromatic heterocycles. The summed E-state index contributed by atoms with van der Waals surface area (Å²) >= 11 is 0. The lowest BCUT2D eigenvalue weighted by atomic mass is 10.1. The van der Waals surface area contributed by atoms with Crippen molar-refractivity contribution in [3.05, 3.63) is 47.7 Å². The fourth-order valence-electron chi connectivity index (χ4n) is 1.79. The van der Waals surface area contributed by atoms with E-state index < -0.39 is 0 Å². The second kappa shape index (κ2) is 6.00. The van der Waals surface area contributed by atoms with Crippen LogP contribution in [0.25, 0.3) is 0 Å². The summed E-state index contributed by atoms with van der Waals surface area (Å²) in [7, 11) is 1.69. The van der Waals surface area contributed by atoms with Gasteiger partial charge in [-0.3, -0.25) is 0 Å². The highest BCUT2D eigenvalue weighted by Gasteiger charge is 2.01. The molecule has 4 nitrogen and oxygen atoms in total. The van der Waals surface area contributed by atoms with E-state index in [1.54, 1.807) is 13.3 Å². The average molecular weight is 243 g/mol. The van der Waals surface area contributed by atoms with Gasteiger partial charge in [-0.1, -0.05) is 18.2 Å². The Morgan fingerprint density at radius 1 is 1.28 bits per heavy atom. The Morgan fingerprint density at radius 3 is 2.89 bits per heavy atom. The van der Waals surface area contributed by atoms with E-state index in [0.717, 1.165) is 30.1 Å². The monoisotopic (exact) mass is 243 g/mol. The van der Waals surface area contributed by atoms with E-state index in [9.17, 15) is 0 Å². The number of ether oxygens (including phenoxy) is 1. The lowest BCUT2D eigenvalue weighted by molar-refractivity contribution is 0.410. The van der Waals surface area contributed by atoms with Crippen molar-refractivity contribution < 1.29 is 4.74 Å². The Morgan fingerprint density at radius 2 is 2.11 bits per heavy atom. The molecule has 0 fully saturated rings. The van der Waals surface area contributed by atoms with Crippen molar-refractivity contribution >= 4 is 5.82 Å². The Bertz CT molecular complexity index is 514. The van der Waals surface area contributed by atoms with E-state index in [-0.39, 0.29) is 0 Å². The van der Waals surface area contributed by atoms with Gasteiger partial charge < -0.3 is 10.1 Å². The highest BCUT2D eigenvalue weighted by atomic mass is 16.5. The zero-order valence-electron chi connectivity index (χ0n) is 10.7. The first kappa shape index (κ1) is 12.4. The molecule has 0 aliphatic rings. The van der Waals surface area contributed by atoms with Crippen LogP contribution < -0.4 is 10.1 Å². The predicted molar refractivity (Wildman–Crippen MR) is 72.0 cm³/mol. The smallest absolute Gasteiger partial charge is 0.148 e. The molecule has 0 saturated carbocycles. The van der Waals surface area contributed by atoms with Gasteiger partial charge >= 0.3 is 0 Å². The zero-order chi connectivity index (χ0) is 12.8. The minimum Gasteiger partial charge on any atom is -0.496 e. The van der Waals surface area contributed by atoms with Gasteiger partial charge in [-0.2, -0.15) is 5.10 Å². The van der Waals surface area contributed by atoms with Crippen LogP contribution in [0.4, 0.5) is 5.82 Å². The van der Waals surface area contributed by atoms with Crippen LogP contribution in [-0.2, 0) is 6.42 Å². The lowest BCUT2D eigenvalue weighted by Crippen LogP contribution is -2.07. The maximum absolute atomic E-state index is 5.31. The summed E-state index contributed by atoms with van der Waals surface area (Å²) in [5, 5.41) is 11.2. The van der Waals surface area contributed by atoms with E-state index in [4.69, 9.17) is 4.74 Å². The fraction of sp³-hybridized carbons (Fsp3) is 0.286. The third-order valence-electron chi connectivity index (χ3n) is 2.68. The third-order valence-corrected chi connectivity index (χ3v) is 2.68. The molecule has 0 aliphatic carbocycles. The lowest BCUT2D eigenvalue weighted by Gasteiger charge is -2.09. The van der Waals surface area contributed by atoms with Crippen LogP contribution >= 0.6 is 0 Å². The van der Waals surface area contributed by atoms with Gasteiger partial charge in [-0.25, -0.2) is 0 Å². The highest BCUT2D eigenvalue weighted by molar-refractivity contribution is 5.37. The molecule has 2 rings (SSSR count). The standard InChI is InChI=1S/C14H17N3O/c1-11-9-14(17-16-10-11)15-8-7-12-5-3-4-6-13(12)18-2/h3-6,9-10H,7-8H2,1-2H3,(H,15,17). The molecule has 4 heteroatoms. The Kier molecular flexibility index (Phi) is 4.12. The van der Waals surface area contributed by atoms with Gasteiger partial charge in [0.05, 0.1) is 13.3 Å². The number of nitrogens with zero attached hydrogens (tertiary/aromatic N) is 2. The number of nitrogens with one attached hydrogen (secondary N) is 1. The number of rotatable bonds is 5. The van der Waals surface area contributed by atoms with Crippen molar-refractivity contribution in [1.82, 2.24) is 10.2 Å². The van der Waals surface area contributed by atoms with Crippen molar-refractivity contribution in [2.24, 2.45) is 0 Å². The normalized spacial score (nSPS) is 10.1. The Labute approximate surface area is 107 Å². The highest BCUT2D eigenvalue weighted by Crippen LogP contribution is 2.17. The first-order valence-corrected chi connectivity index (χ1v) is 5.94. The maximum Gasteiger partial charge on any atom is 0.148 e. The average Bonchev–Trinajstić information content (AvgIpc) is 2.39. The molecule has 1 aromatic carbocycles. The largest absolute Gasteiger partial charge is 0.496 e. The molecule has 0 radical (unpaired) electrons. The summed E-state index contributed by atoms with van der Waals surface area (Å²) in [5.41, 5.74) is 2.29. The topological polar surface area (TPSA) is 47.0 Å². The number of hydrogen-bond acceptors (Lipinski definition) is 4. The number of aromatic nitrogens is 2. The molecular weight excluding hydrogens is 226 g/mol. The van der Waals surface area contributed by atoms with E-state index in [2.05, 4.69) is 21.6 Å². The first-order valence-electron chi connectivity index (χ1n) is 5.94. The molecular formula is C14H17N3O. The minimum absolute atomic E-state index is 0.804. The van der Waals surface area contributed by atoms with Gasteiger partial charge in [-0.15, -0.1) is 5.10 Å². The summed E-state index contributed by atoms with van der Waals surface area (Å²) in [5.74, 6) is 1.74. The van der Waals surface area contributed by atoms with Gasteiger partial charge in [0.2, 0.25) is 0 Å². The first-order chi connectivity index (χ1) is 8.79. The van der Waals surface area contributed by atoms with E-state index in [1.807, 2.05) is 31.2 Å². The summed E-state index contributed by atoms with van der Waals surface area (Å²) in [6, 6.07) is 10.0. The van der Waals surface area contributed by atoms with Gasteiger partial charge in [0.1, 0.15) is 11.6 Å². The number of hydrogen-bond donors (Lipinski definition) is 1. The molecule has 0 aliphatic heterocycles. The third kappa shape index (κ3) is 3.20.